The Bertz CT molecular complexity index is 130. The molecule has 1 nitrogen and oxygen atoms in total. The monoisotopic (exact) mass is 490 g/mol. The summed E-state index contributed by atoms with van der Waals surface area (Å²) in [5, 5.41) is 0. The van der Waals surface area contributed by atoms with Crippen molar-refractivity contribution in [2.24, 2.45) is 0 Å². The molecule has 0 amide bonds. The third-order valence-electron chi connectivity index (χ3n) is 0.515. The first-order chi connectivity index (χ1) is 4.15. The van der Waals surface area contributed by atoms with Crippen LogP contribution in [0.4, 0.5) is 13.2 Å². The van der Waals surface area contributed by atoms with Crippen LogP contribution < -0.4 is 0 Å². The summed E-state index contributed by atoms with van der Waals surface area (Å²) in [6.45, 7) is 0. The summed E-state index contributed by atoms with van der Waals surface area (Å²) in [7, 11) is 0. The van der Waals surface area contributed by atoms with Crippen molar-refractivity contribution in [2.45, 2.75) is 5.61 Å². The van der Waals surface area contributed by atoms with Crippen LogP contribution in [0.1, 0.15) is 0 Å². The Labute approximate surface area is 95.9 Å². The van der Waals surface area contributed by atoms with Gasteiger partial charge in [-0.2, -0.15) is 8.78 Å². The number of hydrogen-bond donors (Lipinski definition) is 0. The molecule has 0 aromatic rings. The van der Waals surface area contributed by atoms with Crippen LogP contribution in [0, 0.1) is 0 Å². The van der Waals surface area contributed by atoms with Gasteiger partial charge in [-0.3, -0.25) is 4.79 Å². The van der Waals surface area contributed by atoms with Gasteiger partial charge < -0.3 is 0 Å². The molecule has 0 atom stereocenters. The zero-order chi connectivity index (χ0) is 8.58. The van der Waals surface area contributed by atoms with E-state index in [1.54, 1.807) is 0 Å². The highest BCUT2D eigenvalue weighted by molar-refractivity contribution is 14.2. The Hall–Kier alpha value is 1.65. The van der Waals surface area contributed by atoms with Gasteiger partial charge in [0.1, 0.15) is 0 Å². The Morgan fingerprint density at radius 2 is 1.40 bits per heavy atom. The van der Waals surface area contributed by atoms with Gasteiger partial charge in [-0.05, 0) is 45.2 Å². The van der Waals surface area contributed by atoms with Gasteiger partial charge in [0.15, 0.2) is 0 Å². The van der Waals surface area contributed by atoms with Crippen molar-refractivity contribution in [1.82, 2.24) is 0 Å². The zero-order valence-corrected chi connectivity index (χ0v) is 10.6. The molecule has 0 saturated heterocycles. The van der Waals surface area contributed by atoms with Crippen molar-refractivity contribution in [1.29, 1.82) is 0 Å². The second-order valence-electron chi connectivity index (χ2n) is 1.32. The first-order valence-electron chi connectivity index (χ1n) is 1.84. The molecule has 0 rings (SSSR count). The van der Waals surface area contributed by atoms with Crippen LogP contribution in [-0.4, -0.2) is 11.4 Å². The number of alkyl halides is 6. The number of rotatable bonds is 2. The highest BCUT2D eigenvalue weighted by atomic mass is 127. The Kier molecular flexibility index (Phi) is 4.17. The summed E-state index contributed by atoms with van der Waals surface area (Å²) in [6, 6.07) is 0. The minimum absolute atomic E-state index is 0.595. The minimum atomic E-state index is -3.62. The number of carbonyl (C=O) groups excluding carboxylic acids is 1. The molecule has 0 N–H and O–H groups in total. The van der Waals surface area contributed by atoms with E-state index < -0.39 is 11.4 Å². The first-order valence-corrected chi connectivity index (χ1v) is 5.07. The lowest BCUT2D eigenvalue weighted by Crippen LogP contribution is -2.32. The van der Waals surface area contributed by atoms with Crippen LogP contribution in [0.25, 0.3) is 0 Å². The number of hydrogen-bond acceptors (Lipinski definition) is 1. The molecule has 10 heavy (non-hydrogen) atoms. The molecule has 7 heteroatoms. The van der Waals surface area contributed by atoms with Gasteiger partial charge in [-0.1, -0.05) is 0 Å². The molecule has 0 spiro atoms. The summed E-state index contributed by atoms with van der Waals surface area (Å²) in [6.07, 6.45) is 0. The number of carbonyl (C=O) groups is 1. The maximum atomic E-state index is 12.4. The third-order valence-corrected chi connectivity index (χ3v) is 1.98. The van der Waals surface area contributed by atoms with Crippen molar-refractivity contribution in [3.8, 4) is 0 Å². The fourth-order valence-corrected chi connectivity index (χ4v) is 2.24. The molecular formula is C3F3I3O. The minimum Gasteiger partial charge on any atom is -0.286 e. The van der Waals surface area contributed by atoms with Gasteiger partial charge >= 0.3 is 3.93 Å². The third kappa shape index (κ3) is 3.88. The molecule has 0 aliphatic rings. The van der Waals surface area contributed by atoms with Gasteiger partial charge in [0.05, 0.1) is 0 Å². The Morgan fingerprint density at radius 1 is 1.10 bits per heavy atom. The number of halogens is 6. The molecule has 60 valence electrons. The topological polar surface area (TPSA) is 17.1 Å². The highest BCUT2D eigenvalue weighted by Gasteiger charge is 2.48. The lowest BCUT2D eigenvalue weighted by molar-refractivity contribution is -0.133. The maximum absolute atomic E-state index is 12.4. The summed E-state index contributed by atoms with van der Waals surface area (Å²) >= 11 is 2.62. The van der Waals surface area contributed by atoms with Crippen LogP contribution >= 0.6 is 67.8 Å². The lowest BCUT2D eigenvalue weighted by atomic mass is 10.5. The van der Waals surface area contributed by atoms with Crippen molar-refractivity contribution in [3.63, 3.8) is 0 Å². The molecule has 0 saturated carbocycles. The fraction of sp³-hybridized carbons (Fsp3) is 0.667. The molecular weight excluding hydrogens is 490 g/mol. The molecule has 0 aromatic carbocycles. The second kappa shape index (κ2) is 3.58. The largest absolute Gasteiger partial charge is 0.358 e. The molecule has 0 aliphatic carbocycles. The van der Waals surface area contributed by atoms with E-state index in [0.29, 0.717) is 22.6 Å². The van der Waals surface area contributed by atoms with Crippen LogP contribution in [0.3, 0.4) is 0 Å². The molecule has 0 aliphatic heterocycles. The number of ketones is 1. The van der Waals surface area contributed by atoms with E-state index in [4.69, 9.17) is 0 Å². The zero-order valence-electron chi connectivity index (χ0n) is 4.18. The molecule has 0 bridgehead atoms. The summed E-state index contributed by atoms with van der Waals surface area (Å²) in [4.78, 5) is 10.3. The van der Waals surface area contributed by atoms with E-state index in [-0.39, 0.29) is 0 Å². The summed E-state index contributed by atoms with van der Waals surface area (Å²) < 4.78 is 30.3. The Balaban J connectivity index is 4.40. The van der Waals surface area contributed by atoms with E-state index in [9.17, 15) is 18.0 Å². The summed E-state index contributed by atoms with van der Waals surface area (Å²) in [5.41, 5.74) is 0. The fourth-order valence-electron chi connectivity index (χ4n) is 0.161. The Morgan fingerprint density at radius 3 is 1.40 bits per heavy atom. The second-order valence-corrected chi connectivity index (χ2v) is 7.72. The van der Waals surface area contributed by atoms with Crippen LogP contribution in [0.2, 0.25) is 0 Å². The predicted octanol–water partition coefficient (Wildman–Crippen LogP) is 3.08. The van der Waals surface area contributed by atoms with E-state index in [1.165, 1.54) is 0 Å². The number of Topliss-reactive ketones (excluding diaryl/α,β-unsaturated/α-hetero) is 1. The van der Waals surface area contributed by atoms with Crippen LogP contribution in [0.15, 0.2) is 0 Å². The van der Waals surface area contributed by atoms with Crippen molar-refractivity contribution in [2.75, 3.05) is 0 Å². The van der Waals surface area contributed by atoms with Gasteiger partial charge in [-0.25, -0.2) is 4.39 Å². The van der Waals surface area contributed by atoms with Gasteiger partial charge in [-0.15, -0.1) is 0 Å². The molecule has 0 fully saturated rings. The van der Waals surface area contributed by atoms with Crippen molar-refractivity contribution >= 4 is 73.6 Å². The van der Waals surface area contributed by atoms with E-state index >= 15 is 0 Å². The van der Waals surface area contributed by atoms with Gasteiger partial charge in [0.2, 0.25) is 0 Å². The standard InChI is InChI=1S/C3F3I3O/c4-2(5,7)1(10)3(6,8)9. The lowest BCUT2D eigenvalue weighted by Gasteiger charge is -2.12. The first kappa shape index (κ1) is 11.6. The molecule has 0 aromatic heterocycles. The predicted molar refractivity (Wildman–Crippen MR) is 55.9 cm³/mol. The normalized spacial score (nSPS) is 13.4. The van der Waals surface area contributed by atoms with E-state index in [1.807, 2.05) is 0 Å². The maximum Gasteiger partial charge on any atom is 0.358 e. The molecule has 0 heterocycles. The van der Waals surface area contributed by atoms with Crippen LogP contribution in [0.5, 0.6) is 0 Å². The van der Waals surface area contributed by atoms with Gasteiger partial charge in [0.25, 0.3) is 7.47 Å². The molecule has 0 unspecified atom stereocenters. The SMILES string of the molecule is O=C(C(F)(F)I)C(F)(I)I. The van der Waals surface area contributed by atoms with E-state index in [2.05, 4.69) is 0 Å². The van der Waals surface area contributed by atoms with E-state index in [0.717, 1.165) is 45.2 Å². The van der Waals surface area contributed by atoms with Crippen molar-refractivity contribution in [3.05, 3.63) is 0 Å². The smallest absolute Gasteiger partial charge is 0.286 e. The average molecular weight is 490 g/mol. The average Bonchev–Trinajstić information content (AvgIpc) is 1.59. The van der Waals surface area contributed by atoms with Crippen LogP contribution in [-0.2, 0) is 4.79 Å². The summed E-state index contributed by atoms with van der Waals surface area (Å²) in [5.74, 6) is -1.72. The van der Waals surface area contributed by atoms with Gasteiger partial charge in [0, 0.05) is 22.6 Å². The quantitative estimate of drug-likeness (QED) is 0.430. The van der Waals surface area contributed by atoms with Crippen molar-refractivity contribution < 1.29 is 18.0 Å². The molecule has 0 radical (unpaired) electrons. The highest BCUT2D eigenvalue weighted by Crippen LogP contribution is 2.39.